The van der Waals surface area contributed by atoms with Gasteiger partial charge in [0.25, 0.3) is 0 Å². The van der Waals surface area contributed by atoms with Crippen LogP contribution in [0, 0.1) is 34.5 Å². The number of ketones is 1. The smallest absolute Gasteiger partial charge is 0.407 e. The number of alkyl carbamates (subject to hydrolysis) is 1. The van der Waals surface area contributed by atoms with Gasteiger partial charge in [0.2, 0.25) is 17.7 Å². The summed E-state index contributed by atoms with van der Waals surface area (Å²) in [5, 5.41) is 31.2. The second-order valence-electron chi connectivity index (χ2n) is 15.6. The Labute approximate surface area is 322 Å². The van der Waals surface area contributed by atoms with Crippen molar-refractivity contribution in [1.82, 2.24) is 21.3 Å². The topological polar surface area (TPSA) is 245 Å². The van der Waals surface area contributed by atoms with Crippen molar-refractivity contribution in [3.8, 4) is 0 Å². The Bertz CT molecular complexity index is 1500. The Morgan fingerprint density at radius 3 is 2.58 bits per heavy atom. The predicted molar refractivity (Wildman–Crippen MR) is 199 cm³/mol. The molecular formula is C39H59N5O11. The summed E-state index contributed by atoms with van der Waals surface area (Å²) in [6.07, 6.45) is 9.12. The molecule has 306 valence electrons. The molecule has 3 saturated carbocycles. The SMILES string of the molecule is C=CCOC(=O)NCCCC[C@H](NC(=O)[C@H](CO)NC(=O)CN)C(=O)NCOCCC(=O)OC1C(C)CC2C3CCC4=CC(=O)C=CC4(C)C3C(O)CC21C. The number of hydrogen-bond donors (Lipinski definition) is 7. The number of carbonyl (C=O) groups is 6. The number of amides is 4. The fourth-order valence-corrected chi connectivity index (χ4v) is 9.41. The molecule has 0 spiro atoms. The number of carbonyl (C=O) groups excluding carboxylic acids is 6. The molecule has 3 fully saturated rings. The van der Waals surface area contributed by atoms with Gasteiger partial charge in [-0.3, -0.25) is 24.0 Å². The molecule has 4 aliphatic carbocycles. The number of aliphatic hydroxyl groups is 2. The second kappa shape index (κ2) is 19.6. The predicted octanol–water partition coefficient (Wildman–Crippen LogP) is 0.906. The van der Waals surface area contributed by atoms with Gasteiger partial charge in [-0.15, -0.1) is 0 Å². The monoisotopic (exact) mass is 773 g/mol. The molecule has 16 heteroatoms. The summed E-state index contributed by atoms with van der Waals surface area (Å²) in [6, 6.07) is -2.41. The molecule has 8 unspecified atom stereocenters. The molecule has 55 heavy (non-hydrogen) atoms. The van der Waals surface area contributed by atoms with Gasteiger partial charge in [0.1, 0.15) is 31.5 Å². The number of fused-ring (bicyclic) bond motifs is 5. The van der Waals surface area contributed by atoms with E-state index in [0.29, 0.717) is 19.3 Å². The molecule has 0 aromatic heterocycles. The van der Waals surface area contributed by atoms with Crippen LogP contribution in [-0.4, -0.2) is 110 Å². The maximum absolute atomic E-state index is 13.1. The number of ether oxygens (including phenoxy) is 3. The number of hydrogen-bond acceptors (Lipinski definition) is 12. The number of unbranched alkanes of at least 4 members (excludes halogenated alkanes) is 1. The van der Waals surface area contributed by atoms with Crippen molar-refractivity contribution in [1.29, 1.82) is 0 Å². The van der Waals surface area contributed by atoms with Crippen LogP contribution < -0.4 is 27.0 Å². The molecule has 8 N–H and O–H groups in total. The van der Waals surface area contributed by atoms with Gasteiger partial charge in [-0.05, 0) is 74.9 Å². The molecule has 0 bridgehead atoms. The fraction of sp³-hybridized carbons (Fsp3) is 0.692. The van der Waals surface area contributed by atoms with Crippen LogP contribution in [0.5, 0.6) is 0 Å². The molecule has 10 atom stereocenters. The second-order valence-corrected chi connectivity index (χ2v) is 15.6. The van der Waals surface area contributed by atoms with Crippen LogP contribution in [0.3, 0.4) is 0 Å². The van der Waals surface area contributed by atoms with Crippen molar-refractivity contribution >= 4 is 35.6 Å². The van der Waals surface area contributed by atoms with Crippen LogP contribution in [-0.2, 0) is 38.2 Å². The van der Waals surface area contributed by atoms with E-state index in [1.165, 1.54) is 6.08 Å². The normalized spacial score (nSPS) is 30.3. The highest BCUT2D eigenvalue weighted by Gasteiger charge is 2.64. The summed E-state index contributed by atoms with van der Waals surface area (Å²) >= 11 is 0. The molecule has 0 aromatic carbocycles. The molecule has 4 aliphatic rings. The average molecular weight is 774 g/mol. The summed E-state index contributed by atoms with van der Waals surface area (Å²) in [4.78, 5) is 74.5. The Morgan fingerprint density at radius 1 is 1.11 bits per heavy atom. The van der Waals surface area contributed by atoms with Gasteiger partial charge < -0.3 is 51.4 Å². The third-order valence-corrected chi connectivity index (χ3v) is 12.0. The zero-order valence-corrected chi connectivity index (χ0v) is 32.2. The molecule has 4 amide bonds. The van der Waals surface area contributed by atoms with Crippen LogP contribution in [0.2, 0.25) is 0 Å². The first-order chi connectivity index (χ1) is 26.2. The van der Waals surface area contributed by atoms with Gasteiger partial charge in [0, 0.05) is 23.3 Å². The van der Waals surface area contributed by atoms with Crippen molar-refractivity contribution < 1.29 is 53.2 Å². The molecule has 4 rings (SSSR count). The number of aliphatic hydroxyl groups excluding tert-OH is 2. The van der Waals surface area contributed by atoms with Crippen molar-refractivity contribution in [3.63, 3.8) is 0 Å². The number of esters is 1. The molecule has 0 aliphatic heterocycles. The summed E-state index contributed by atoms with van der Waals surface area (Å²) in [7, 11) is 0. The minimum atomic E-state index is -1.33. The Hall–Kier alpha value is -4.12. The highest BCUT2D eigenvalue weighted by molar-refractivity contribution is 6.01. The Kier molecular flexibility index (Phi) is 15.6. The first kappa shape index (κ1) is 43.6. The summed E-state index contributed by atoms with van der Waals surface area (Å²) in [6.45, 7) is 8.69. The van der Waals surface area contributed by atoms with Crippen LogP contribution in [0.1, 0.15) is 72.1 Å². The van der Waals surface area contributed by atoms with E-state index in [4.69, 9.17) is 19.9 Å². The van der Waals surface area contributed by atoms with Crippen LogP contribution in [0.4, 0.5) is 4.79 Å². The van der Waals surface area contributed by atoms with Crippen molar-refractivity contribution in [2.45, 2.75) is 96.4 Å². The van der Waals surface area contributed by atoms with Gasteiger partial charge in [0.05, 0.1) is 32.3 Å². The molecule has 0 heterocycles. The van der Waals surface area contributed by atoms with Crippen molar-refractivity contribution in [3.05, 3.63) is 36.5 Å². The molecule has 0 radical (unpaired) electrons. The zero-order chi connectivity index (χ0) is 40.3. The summed E-state index contributed by atoms with van der Waals surface area (Å²) in [5.74, 6) is -1.97. The highest BCUT2D eigenvalue weighted by Crippen LogP contribution is 2.65. The van der Waals surface area contributed by atoms with Gasteiger partial charge in [0.15, 0.2) is 5.78 Å². The third-order valence-electron chi connectivity index (χ3n) is 12.0. The maximum Gasteiger partial charge on any atom is 0.407 e. The lowest BCUT2D eigenvalue weighted by Crippen LogP contribution is -2.57. The molecular weight excluding hydrogens is 714 g/mol. The molecule has 0 saturated heterocycles. The van der Waals surface area contributed by atoms with E-state index in [0.717, 1.165) is 24.8 Å². The number of nitrogens with two attached hydrogens (primary N) is 1. The van der Waals surface area contributed by atoms with E-state index in [9.17, 15) is 39.0 Å². The molecule has 16 nitrogen and oxygen atoms in total. The van der Waals surface area contributed by atoms with Crippen LogP contribution in [0.25, 0.3) is 0 Å². The molecule has 0 aromatic rings. The van der Waals surface area contributed by atoms with E-state index in [-0.39, 0.29) is 80.3 Å². The minimum absolute atomic E-state index is 0.00686. The van der Waals surface area contributed by atoms with Gasteiger partial charge in [-0.2, -0.15) is 0 Å². The van der Waals surface area contributed by atoms with E-state index < -0.39 is 66.5 Å². The number of rotatable bonds is 19. The largest absolute Gasteiger partial charge is 0.461 e. The van der Waals surface area contributed by atoms with E-state index >= 15 is 0 Å². The standard InChI is InChI=1S/C39H59N5O11/c1-5-15-54-37(52)41-14-7-6-8-28(44-36(51)29(21-45)43-31(48)20-40)35(50)42-22-53-16-12-32(49)55-34-23(2)17-27-26-10-9-24-18-25(46)11-13-38(24,3)33(26)30(47)19-39(27,34)4/h5,11,13,18,23,26-30,33-34,45,47H,1,6-10,12,14-17,19-22,40H2,2-4H3,(H,41,52)(H,42,50)(H,43,48)(H,44,51)/t23?,26?,27?,28-,29-,30?,33?,34?,38?,39?/m0/s1. The quantitative estimate of drug-likeness (QED) is 0.0419. The van der Waals surface area contributed by atoms with Crippen molar-refractivity contribution in [2.24, 2.45) is 40.2 Å². The van der Waals surface area contributed by atoms with E-state index in [1.54, 1.807) is 12.2 Å². The van der Waals surface area contributed by atoms with Crippen LogP contribution >= 0.6 is 0 Å². The van der Waals surface area contributed by atoms with Gasteiger partial charge >= 0.3 is 12.1 Å². The number of allylic oxidation sites excluding steroid dienone is 4. The summed E-state index contributed by atoms with van der Waals surface area (Å²) < 4.78 is 16.5. The first-order valence-corrected chi connectivity index (χ1v) is 19.3. The lowest BCUT2D eigenvalue weighted by Gasteiger charge is -2.58. The van der Waals surface area contributed by atoms with E-state index in [2.05, 4.69) is 48.6 Å². The average Bonchev–Trinajstić information content (AvgIpc) is 3.39. The van der Waals surface area contributed by atoms with Gasteiger partial charge in [-0.25, -0.2) is 4.79 Å². The highest BCUT2D eigenvalue weighted by atomic mass is 16.6. The summed E-state index contributed by atoms with van der Waals surface area (Å²) in [5.41, 5.74) is 5.60. The fourth-order valence-electron chi connectivity index (χ4n) is 9.41. The lowest BCUT2D eigenvalue weighted by atomic mass is 9.47. The Balaban J connectivity index is 1.26. The van der Waals surface area contributed by atoms with Gasteiger partial charge in [-0.1, -0.05) is 45.1 Å². The van der Waals surface area contributed by atoms with E-state index in [1.807, 2.05) is 6.08 Å². The van der Waals surface area contributed by atoms with Crippen LogP contribution in [0.15, 0.2) is 36.5 Å². The number of nitrogens with one attached hydrogen (secondary N) is 4. The van der Waals surface area contributed by atoms with Crippen molar-refractivity contribution in [2.75, 3.05) is 39.6 Å². The Morgan fingerprint density at radius 2 is 1.87 bits per heavy atom. The lowest BCUT2D eigenvalue weighted by molar-refractivity contribution is -0.171. The zero-order valence-electron chi connectivity index (χ0n) is 32.2. The first-order valence-electron chi connectivity index (χ1n) is 19.3. The maximum atomic E-state index is 13.1. The third kappa shape index (κ3) is 10.6. The minimum Gasteiger partial charge on any atom is -0.461 e.